The second kappa shape index (κ2) is 9.27. The number of thioether (sulfide) groups is 1. The number of benzene rings is 1. The molecule has 0 atom stereocenters. The highest BCUT2D eigenvalue weighted by Crippen LogP contribution is 2.36. The predicted molar refractivity (Wildman–Crippen MR) is 99.3 cm³/mol. The Kier molecular flexibility index (Phi) is 7.32. The van der Waals surface area contributed by atoms with Crippen molar-refractivity contribution in [2.24, 2.45) is 0 Å². The number of halogens is 4. The number of hydrogen-bond acceptors (Lipinski definition) is 4. The van der Waals surface area contributed by atoms with Crippen LogP contribution in [0.3, 0.4) is 0 Å². The number of unbranched alkanes of at least 4 members (excludes halogenated alkanes) is 1. The Bertz CT molecular complexity index is 871. The van der Waals surface area contributed by atoms with Crippen LogP contribution in [0, 0.1) is 0 Å². The van der Waals surface area contributed by atoms with E-state index in [4.69, 9.17) is 11.6 Å². The van der Waals surface area contributed by atoms with Crippen LogP contribution in [0.1, 0.15) is 31.0 Å². The van der Waals surface area contributed by atoms with Crippen molar-refractivity contribution in [3.63, 3.8) is 0 Å². The van der Waals surface area contributed by atoms with E-state index in [1.165, 1.54) is 6.07 Å². The molecule has 0 spiro atoms. The summed E-state index contributed by atoms with van der Waals surface area (Å²) in [5, 5.41) is 2.52. The molecule has 0 saturated heterocycles. The molecule has 0 unspecified atom stereocenters. The second-order valence-electron chi connectivity index (χ2n) is 5.67. The van der Waals surface area contributed by atoms with E-state index in [0.29, 0.717) is 12.1 Å². The zero-order valence-corrected chi connectivity index (χ0v) is 15.9. The molecule has 1 amide bonds. The Morgan fingerprint density at radius 2 is 2.07 bits per heavy atom. The van der Waals surface area contributed by atoms with Crippen molar-refractivity contribution in [1.82, 2.24) is 9.97 Å². The highest BCUT2D eigenvalue weighted by Gasteiger charge is 2.34. The van der Waals surface area contributed by atoms with Gasteiger partial charge < -0.3 is 10.3 Å². The first-order chi connectivity index (χ1) is 12.7. The molecule has 0 fully saturated rings. The van der Waals surface area contributed by atoms with Gasteiger partial charge in [-0.05, 0) is 31.0 Å². The number of amides is 1. The number of H-pyrrole nitrogens is 1. The first-order valence-electron chi connectivity index (χ1n) is 8.08. The number of hydrogen-bond donors (Lipinski definition) is 2. The van der Waals surface area contributed by atoms with E-state index in [1.807, 2.05) is 6.92 Å². The molecule has 0 aliphatic carbocycles. The van der Waals surface area contributed by atoms with Gasteiger partial charge in [0, 0.05) is 16.8 Å². The quantitative estimate of drug-likeness (QED) is 0.511. The number of carbonyl (C=O) groups excluding carboxylic acids is 1. The first kappa shape index (κ1) is 21.3. The van der Waals surface area contributed by atoms with Crippen molar-refractivity contribution in [3.8, 4) is 0 Å². The summed E-state index contributed by atoms with van der Waals surface area (Å²) >= 11 is 6.66. The molecule has 1 heterocycles. The van der Waals surface area contributed by atoms with E-state index in [9.17, 15) is 22.8 Å². The van der Waals surface area contributed by atoms with Crippen molar-refractivity contribution < 1.29 is 18.0 Å². The Morgan fingerprint density at radius 1 is 1.33 bits per heavy atom. The van der Waals surface area contributed by atoms with Crippen molar-refractivity contribution in [2.75, 3.05) is 11.1 Å². The number of aryl methyl sites for hydroxylation is 1. The molecule has 27 heavy (non-hydrogen) atoms. The topological polar surface area (TPSA) is 74.8 Å². The van der Waals surface area contributed by atoms with Gasteiger partial charge in [-0.3, -0.25) is 9.59 Å². The molecule has 0 bridgehead atoms. The molecule has 146 valence electrons. The van der Waals surface area contributed by atoms with Crippen LogP contribution in [-0.4, -0.2) is 21.6 Å². The molecule has 0 aliphatic rings. The summed E-state index contributed by atoms with van der Waals surface area (Å²) in [5.74, 6) is -0.890. The Morgan fingerprint density at radius 3 is 2.74 bits per heavy atom. The summed E-state index contributed by atoms with van der Waals surface area (Å²) < 4.78 is 39.1. The molecule has 0 aliphatic heterocycles. The summed E-state index contributed by atoms with van der Waals surface area (Å²) in [6.07, 6.45) is -2.17. The number of anilines is 1. The van der Waals surface area contributed by atoms with Gasteiger partial charge in [0.1, 0.15) is 0 Å². The second-order valence-corrected chi connectivity index (χ2v) is 7.07. The van der Waals surface area contributed by atoms with Crippen molar-refractivity contribution >= 4 is 35.0 Å². The lowest BCUT2D eigenvalue weighted by Crippen LogP contribution is -2.19. The largest absolute Gasteiger partial charge is 0.418 e. The maximum atomic E-state index is 13.0. The number of nitrogens with one attached hydrogen (secondary N) is 2. The lowest BCUT2D eigenvalue weighted by atomic mass is 10.1. The lowest BCUT2D eigenvalue weighted by Gasteiger charge is -2.14. The fourth-order valence-corrected chi connectivity index (χ4v) is 3.09. The third-order valence-electron chi connectivity index (χ3n) is 3.46. The minimum Gasteiger partial charge on any atom is -0.325 e. The number of nitrogens with zero attached hydrogens (tertiary/aromatic N) is 1. The predicted octanol–water partition coefficient (Wildman–Crippen LogP) is 4.52. The van der Waals surface area contributed by atoms with E-state index in [0.717, 1.165) is 42.8 Å². The standard InChI is InChI=1S/C17H17ClF3N3O2S/c1-2-3-4-11-8-14(25)24-16(22-11)27-9-15(26)23-13-7-10(18)5-6-12(13)17(19,20)21/h5-8H,2-4,9H2,1H3,(H,23,26)(H,22,24,25). The van der Waals surface area contributed by atoms with Crippen LogP contribution < -0.4 is 10.9 Å². The molecule has 5 nitrogen and oxygen atoms in total. The fourth-order valence-electron chi connectivity index (χ4n) is 2.23. The van der Waals surface area contributed by atoms with Crippen molar-refractivity contribution in [2.45, 2.75) is 37.5 Å². The Balaban J connectivity index is 2.06. The van der Waals surface area contributed by atoms with Gasteiger partial charge in [-0.1, -0.05) is 36.7 Å². The van der Waals surface area contributed by atoms with Gasteiger partial charge in [0.2, 0.25) is 5.91 Å². The van der Waals surface area contributed by atoms with Crippen LogP contribution in [-0.2, 0) is 17.4 Å². The van der Waals surface area contributed by atoms with Crippen LogP contribution in [0.2, 0.25) is 5.02 Å². The van der Waals surface area contributed by atoms with Crippen molar-refractivity contribution in [3.05, 3.63) is 50.9 Å². The minimum absolute atomic E-state index is 0.0700. The summed E-state index contributed by atoms with van der Waals surface area (Å²) in [6.45, 7) is 2.01. The van der Waals surface area contributed by atoms with E-state index >= 15 is 0 Å². The van der Waals surface area contributed by atoms with Gasteiger partial charge in [0.15, 0.2) is 5.16 Å². The van der Waals surface area contributed by atoms with Crippen LogP contribution >= 0.6 is 23.4 Å². The molecule has 2 rings (SSSR count). The Labute approximate surface area is 162 Å². The zero-order valence-electron chi connectivity index (χ0n) is 14.3. The molecule has 0 saturated carbocycles. The average Bonchev–Trinajstić information content (AvgIpc) is 2.56. The zero-order chi connectivity index (χ0) is 20.0. The number of rotatable bonds is 7. The van der Waals surface area contributed by atoms with Crippen LogP contribution in [0.15, 0.2) is 34.2 Å². The van der Waals surface area contributed by atoms with E-state index in [1.54, 1.807) is 0 Å². The summed E-state index contributed by atoms with van der Waals surface area (Å²) in [4.78, 5) is 30.5. The van der Waals surface area contributed by atoms with Crippen LogP contribution in [0.5, 0.6) is 0 Å². The minimum atomic E-state index is -4.62. The summed E-state index contributed by atoms with van der Waals surface area (Å²) in [5.41, 5.74) is -1.14. The number of aromatic nitrogens is 2. The summed E-state index contributed by atoms with van der Waals surface area (Å²) in [6, 6.07) is 4.34. The van der Waals surface area contributed by atoms with Gasteiger partial charge in [-0.25, -0.2) is 4.98 Å². The maximum absolute atomic E-state index is 13.0. The fraction of sp³-hybridized carbons (Fsp3) is 0.353. The molecule has 0 radical (unpaired) electrons. The smallest absolute Gasteiger partial charge is 0.325 e. The van der Waals surface area contributed by atoms with Gasteiger partial charge in [0.25, 0.3) is 5.56 Å². The van der Waals surface area contributed by atoms with Crippen LogP contribution in [0.25, 0.3) is 0 Å². The third kappa shape index (κ3) is 6.59. The normalized spacial score (nSPS) is 11.4. The van der Waals surface area contributed by atoms with Gasteiger partial charge in [-0.2, -0.15) is 13.2 Å². The van der Waals surface area contributed by atoms with Gasteiger partial charge >= 0.3 is 6.18 Å². The van der Waals surface area contributed by atoms with E-state index in [2.05, 4.69) is 15.3 Å². The average molecular weight is 420 g/mol. The number of carbonyl (C=O) groups is 1. The van der Waals surface area contributed by atoms with E-state index < -0.39 is 23.3 Å². The number of alkyl halides is 3. The molecule has 1 aromatic heterocycles. The first-order valence-corrected chi connectivity index (χ1v) is 9.45. The lowest BCUT2D eigenvalue weighted by molar-refractivity contribution is -0.137. The van der Waals surface area contributed by atoms with Crippen molar-refractivity contribution in [1.29, 1.82) is 0 Å². The SMILES string of the molecule is CCCCc1cc(=O)[nH]c(SCC(=O)Nc2cc(Cl)ccc2C(F)(F)F)n1. The number of aromatic amines is 1. The molecular weight excluding hydrogens is 403 g/mol. The van der Waals surface area contributed by atoms with E-state index in [-0.39, 0.29) is 21.5 Å². The van der Waals surface area contributed by atoms with Gasteiger partial charge in [-0.15, -0.1) is 0 Å². The maximum Gasteiger partial charge on any atom is 0.418 e. The highest BCUT2D eigenvalue weighted by molar-refractivity contribution is 7.99. The molecule has 2 N–H and O–H groups in total. The molecule has 10 heteroatoms. The Hall–Kier alpha value is -2.00. The monoisotopic (exact) mass is 419 g/mol. The van der Waals surface area contributed by atoms with Crippen LogP contribution in [0.4, 0.5) is 18.9 Å². The highest BCUT2D eigenvalue weighted by atomic mass is 35.5. The molecule has 1 aromatic carbocycles. The third-order valence-corrected chi connectivity index (χ3v) is 4.57. The molecular formula is C17H17ClF3N3O2S. The molecule has 2 aromatic rings. The van der Waals surface area contributed by atoms with Gasteiger partial charge in [0.05, 0.1) is 17.0 Å². The summed E-state index contributed by atoms with van der Waals surface area (Å²) in [7, 11) is 0.